The predicted octanol–water partition coefficient (Wildman–Crippen LogP) is 13.8. The molecule has 6 aromatic carbocycles. The van der Waals surface area contributed by atoms with E-state index in [9.17, 15) is 30.6 Å². The van der Waals surface area contributed by atoms with Gasteiger partial charge in [-0.3, -0.25) is 0 Å². The number of phenols is 6. The molecule has 0 saturated heterocycles. The fourth-order valence-corrected chi connectivity index (χ4v) is 14.1. The van der Waals surface area contributed by atoms with Crippen molar-refractivity contribution in [2.75, 3.05) is 0 Å². The van der Waals surface area contributed by atoms with Crippen molar-refractivity contribution in [2.45, 2.75) is 144 Å². The van der Waals surface area contributed by atoms with E-state index in [1.807, 2.05) is 93.5 Å². The Labute approximate surface area is 391 Å². The van der Waals surface area contributed by atoms with E-state index in [4.69, 9.17) is 0 Å². The third-order valence-corrected chi connectivity index (χ3v) is 17.0. The summed E-state index contributed by atoms with van der Waals surface area (Å²) in [6, 6.07) is 20.2. The average Bonchev–Trinajstić information content (AvgIpc) is 3.23. The van der Waals surface area contributed by atoms with Crippen molar-refractivity contribution in [1.29, 1.82) is 0 Å². The molecule has 0 heterocycles. The van der Waals surface area contributed by atoms with Crippen LogP contribution in [0.1, 0.15) is 162 Å². The van der Waals surface area contributed by atoms with Gasteiger partial charge < -0.3 is 30.6 Å². The van der Waals surface area contributed by atoms with Crippen LogP contribution in [0.4, 0.5) is 0 Å². The highest BCUT2D eigenvalue weighted by Gasteiger charge is 2.60. The summed E-state index contributed by atoms with van der Waals surface area (Å²) >= 11 is 0. The molecule has 66 heavy (non-hydrogen) atoms. The van der Waals surface area contributed by atoms with Crippen LogP contribution < -0.4 is 0 Å². The Kier molecular flexibility index (Phi) is 10.9. The maximum Gasteiger partial charge on any atom is 0.122 e. The van der Waals surface area contributed by atoms with Gasteiger partial charge in [-0.2, -0.15) is 0 Å². The van der Waals surface area contributed by atoms with Crippen LogP contribution in [0, 0.1) is 94.9 Å². The molecule has 0 amide bonds. The van der Waals surface area contributed by atoms with E-state index in [2.05, 4.69) is 50.2 Å². The summed E-state index contributed by atoms with van der Waals surface area (Å²) in [6.07, 6.45) is 6.49. The highest BCUT2D eigenvalue weighted by atomic mass is 16.3. The zero-order valence-electron chi connectivity index (χ0n) is 41.0. The minimum absolute atomic E-state index is 0.154. The molecule has 0 aromatic heterocycles. The second-order valence-corrected chi connectivity index (χ2v) is 21.6. The van der Waals surface area contributed by atoms with Crippen LogP contribution in [0.15, 0.2) is 60.7 Å². The maximum atomic E-state index is 12.5. The number of aromatic hydroxyl groups is 6. The Morgan fingerprint density at radius 3 is 0.909 bits per heavy atom. The van der Waals surface area contributed by atoms with Crippen molar-refractivity contribution in [3.8, 4) is 34.5 Å². The number of phenolic OH excluding ortho intramolecular Hbond substituents is 6. The fraction of sp³-hybridized carbons (Fsp3) is 0.400. The molecule has 4 aliphatic carbocycles. The Morgan fingerprint density at radius 1 is 0.364 bits per heavy atom. The first kappa shape index (κ1) is 45.3. The molecule has 0 spiro atoms. The second kappa shape index (κ2) is 15.9. The van der Waals surface area contributed by atoms with Crippen LogP contribution in [-0.4, -0.2) is 30.6 Å². The highest BCUT2D eigenvalue weighted by molar-refractivity contribution is 5.65. The summed E-state index contributed by atoms with van der Waals surface area (Å²) in [4.78, 5) is 0. The van der Waals surface area contributed by atoms with E-state index in [0.29, 0.717) is 11.8 Å². The molecule has 4 bridgehead atoms. The Morgan fingerprint density at radius 2 is 0.636 bits per heavy atom. The van der Waals surface area contributed by atoms with Crippen LogP contribution in [0.3, 0.4) is 0 Å². The molecule has 4 aliphatic rings. The van der Waals surface area contributed by atoms with Gasteiger partial charge in [0.05, 0.1) is 0 Å². The van der Waals surface area contributed by atoms with Crippen LogP contribution in [-0.2, 0) is 10.8 Å². The Bertz CT molecular complexity index is 2680. The first-order valence-corrected chi connectivity index (χ1v) is 23.9. The molecule has 0 unspecified atom stereocenters. The van der Waals surface area contributed by atoms with Crippen molar-refractivity contribution in [1.82, 2.24) is 0 Å². The first-order valence-electron chi connectivity index (χ1n) is 23.9. The Balaban J connectivity index is 1.26. The van der Waals surface area contributed by atoms with Crippen molar-refractivity contribution in [2.24, 2.45) is 11.8 Å². The quantitative estimate of drug-likeness (QED) is 0.0847. The van der Waals surface area contributed by atoms with E-state index in [1.165, 1.54) is 17.5 Å². The molecule has 0 radical (unpaired) electrons. The van der Waals surface area contributed by atoms with Crippen LogP contribution >= 0.6 is 0 Å². The SMILES string of the molecule is Cc1cc(C(c2cc(C)c(O)cc2C)c2c(C)c(C34CC5CC(C3)CC(c3cc(C)c(O)c(C(c6cc(C)c(O)cc6C)c6cc(C)c(O)cc6C)c3C)(C5)C4)cc(C)c2O)c(C)cc1O. The minimum atomic E-state index is -0.356. The molecular formula is C60H68O6. The zero-order chi connectivity index (χ0) is 47.6. The van der Waals surface area contributed by atoms with E-state index in [-0.39, 0.29) is 57.2 Å². The molecule has 6 nitrogen and oxygen atoms in total. The molecule has 4 saturated carbocycles. The largest absolute Gasteiger partial charge is 0.508 e. The van der Waals surface area contributed by atoms with Crippen molar-refractivity contribution < 1.29 is 30.6 Å². The first-order chi connectivity index (χ1) is 31.0. The van der Waals surface area contributed by atoms with Gasteiger partial charge in [-0.05, 0) is 269 Å². The summed E-state index contributed by atoms with van der Waals surface area (Å²) in [6.45, 7) is 24.3. The summed E-state index contributed by atoms with van der Waals surface area (Å²) in [5, 5.41) is 68.3. The van der Waals surface area contributed by atoms with Gasteiger partial charge in [0.2, 0.25) is 0 Å². The predicted molar refractivity (Wildman–Crippen MR) is 265 cm³/mol. The van der Waals surface area contributed by atoms with Gasteiger partial charge in [-0.15, -0.1) is 0 Å². The summed E-state index contributed by atoms with van der Waals surface area (Å²) in [7, 11) is 0. The molecule has 0 atom stereocenters. The van der Waals surface area contributed by atoms with E-state index in [0.717, 1.165) is 132 Å². The minimum Gasteiger partial charge on any atom is -0.508 e. The van der Waals surface area contributed by atoms with Crippen LogP contribution in [0.2, 0.25) is 0 Å². The molecule has 6 aromatic rings. The molecule has 4 fully saturated rings. The lowest BCUT2D eigenvalue weighted by atomic mass is 9.41. The van der Waals surface area contributed by atoms with Crippen LogP contribution in [0.5, 0.6) is 34.5 Å². The highest BCUT2D eigenvalue weighted by Crippen LogP contribution is 2.68. The smallest absolute Gasteiger partial charge is 0.122 e. The van der Waals surface area contributed by atoms with Gasteiger partial charge in [0.25, 0.3) is 0 Å². The van der Waals surface area contributed by atoms with Gasteiger partial charge in [0.15, 0.2) is 0 Å². The lowest BCUT2D eigenvalue weighted by Gasteiger charge is -2.63. The molecule has 10 rings (SSSR count). The second-order valence-electron chi connectivity index (χ2n) is 21.6. The van der Waals surface area contributed by atoms with Gasteiger partial charge in [0.1, 0.15) is 34.5 Å². The average molecular weight is 885 g/mol. The van der Waals surface area contributed by atoms with Gasteiger partial charge in [-0.25, -0.2) is 0 Å². The van der Waals surface area contributed by atoms with Gasteiger partial charge in [-0.1, -0.05) is 36.4 Å². The van der Waals surface area contributed by atoms with E-state index < -0.39 is 0 Å². The molecule has 6 N–H and O–H groups in total. The third kappa shape index (κ3) is 7.04. The lowest BCUT2D eigenvalue weighted by Crippen LogP contribution is -2.56. The zero-order valence-corrected chi connectivity index (χ0v) is 41.0. The third-order valence-electron chi connectivity index (χ3n) is 17.0. The number of rotatable bonds is 8. The van der Waals surface area contributed by atoms with E-state index in [1.54, 1.807) is 0 Å². The molecule has 344 valence electrons. The summed E-state index contributed by atoms with van der Waals surface area (Å²) in [5.74, 6) is 1.87. The monoisotopic (exact) mass is 885 g/mol. The van der Waals surface area contributed by atoms with Gasteiger partial charge >= 0.3 is 0 Å². The molecule has 0 aliphatic heterocycles. The number of aryl methyl sites for hydroxylation is 10. The number of hydrogen-bond acceptors (Lipinski definition) is 6. The van der Waals surface area contributed by atoms with E-state index >= 15 is 0 Å². The van der Waals surface area contributed by atoms with Gasteiger partial charge in [0, 0.05) is 23.0 Å². The fourth-order valence-electron chi connectivity index (χ4n) is 14.1. The summed E-state index contributed by atoms with van der Waals surface area (Å²) in [5.41, 5.74) is 18.9. The number of benzene rings is 6. The Hall–Kier alpha value is -5.88. The molecular weight excluding hydrogens is 817 g/mol. The lowest BCUT2D eigenvalue weighted by molar-refractivity contribution is -0.0287. The maximum absolute atomic E-state index is 12.5. The van der Waals surface area contributed by atoms with Crippen molar-refractivity contribution in [3.63, 3.8) is 0 Å². The topological polar surface area (TPSA) is 121 Å². The normalized spacial score (nSPS) is 21.1. The van der Waals surface area contributed by atoms with Crippen molar-refractivity contribution >= 4 is 0 Å². The van der Waals surface area contributed by atoms with Crippen molar-refractivity contribution in [3.05, 3.63) is 172 Å². The number of hydrogen-bond donors (Lipinski definition) is 6. The standard InChI is InChI=1S/C60H68O6/c1-29-19-49(61)33(5)13-43(29)55(44-14-34(6)50(62)20-30(44)2)53-39(11)47(17-37(9)57(53)65)59-24-41-23-42(25-59)27-60(26-41,28-59)48-18-38(10)58(66)54(40(48)12)56(45-15-35(7)51(63)21-31(45)3)46-16-36(8)52(64)22-32(46)4/h13-22,41-42,55-56,61-66H,23-28H2,1-12H3. The summed E-state index contributed by atoms with van der Waals surface area (Å²) < 4.78 is 0. The molecule has 6 heteroatoms. The van der Waals surface area contributed by atoms with Crippen LogP contribution in [0.25, 0.3) is 0 Å².